The summed E-state index contributed by atoms with van der Waals surface area (Å²) in [7, 11) is 0. The van der Waals surface area contributed by atoms with E-state index < -0.39 is 0 Å². The predicted octanol–water partition coefficient (Wildman–Crippen LogP) is 1.10. The number of aromatic nitrogens is 4. The lowest BCUT2D eigenvalue weighted by Crippen LogP contribution is -2.41. The molecule has 0 aliphatic rings. The molecule has 20 heavy (non-hydrogen) atoms. The van der Waals surface area contributed by atoms with Crippen LogP contribution < -0.4 is 5.32 Å². The van der Waals surface area contributed by atoms with Crippen molar-refractivity contribution in [3.8, 4) is 0 Å². The lowest BCUT2D eigenvalue weighted by Gasteiger charge is -2.23. The Balaban J connectivity index is 2.22. The third kappa shape index (κ3) is 2.56. The second-order valence-electron chi connectivity index (χ2n) is 4.59. The van der Waals surface area contributed by atoms with Crippen LogP contribution in [-0.2, 0) is 4.79 Å². The number of amides is 1. The highest BCUT2D eigenvalue weighted by atomic mass is 16.2. The van der Waals surface area contributed by atoms with Gasteiger partial charge in [-0.1, -0.05) is 0 Å². The van der Waals surface area contributed by atoms with Crippen molar-refractivity contribution < 1.29 is 4.79 Å². The van der Waals surface area contributed by atoms with Crippen molar-refractivity contribution in [3.05, 3.63) is 18.2 Å². The van der Waals surface area contributed by atoms with Crippen molar-refractivity contribution in [1.82, 2.24) is 24.5 Å². The highest BCUT2D eigenvalue weighted by Gasteiger charge is 2.19. The Hall–Kier alpha value is -2.18. The van der Waals surface area contributed by atoms with E-state index in [2.05, 4.69) is 20.5 Å². The van der Waals surface area contributed by atoms with Crippen molar-refractivity contribution in [3.63, 3.8) is 0 Å². The molecule has 1 amide bonds. The molecule has 0 saturated carbocycles. The van der Waals surface area contributed by atoms with E-state index in [-0.39, 0.29) is 11.9 Å². The summed E-state index contributed by atoms with van der Waals surface area (Å²) >= 11 is 0. The number of likely N-dealkylation sites (N-methyl/N-ethyl adjacent to an activating group) is 1. The van der Waals surface area contributed by atoms with Crippen LogP contribution in [0.1, 0.15) is 26.6 Å². The number of carbonyl (C=O) groups is 1. The van der Waals surface area contributed by atoms with Gasteiger partial charge in [-0.3, -0.25) is 9.20 Å². The zero-order chi connectivity index (χ0) is 14.7. The summed E-state index contributed by atoms with van der Waals surface area (Å²) < 4.78 is 1.84. The van der Waals surface area contributed by atoms with Gasteiger partial charge in [0.25, 0.3) is 0 Å². The highest BCUT2D eigenvalue weighted by Crippen LogP contribution is 2.13. The predicted molar refractivity (Wildman–Crippen MR) is 76.5 cm³/mol. The maximum Gasteiger partial charge on any atom is 0.244 e. The van der Waals surface area contributed by atoms with E-state index in [1.807, 2.05) is 32.1 Å². The molecule has 1 atom stereocenters. The summed E-state index contributed by atoms with van der Waals surface area (Å²) in [5.74, 6) is 1.41. The molecule has 2 rings (SSSR count). The molecule has 7 nitrogen and oxygen atoms in total. The van der Waals surface area contributed by atoms with Gasteiger partial charge in [-0.15, -0.1) is 10.2 Å². The summed E-state index contributed by atoms with van der Waals surface area (Å²) in [6, 6.07) is -0.356. The zero-order valence-electron chi connectivity index (χ0n) is 12.3. The van der Waals surface area contributed by atoms with Gasteiger partial charge in [0.15, 0.2) is 5.82 Å². The summed E-state index contributed by atoms with van der Waals surface area (Å²) in [4.78, 5) is 18.3. The largest absolute Gasteiger partial charge is 0.355 e. The van der Waals surface area contributed by atoms with Gasteiger partial charge in [-0.05, 0) is 27.7 Å². The third-order valence-electron chi connectivity index (χ3n) is 3.30. The molecule has 0 radical (unpaired) electrons. The van der Waals surface area contributed by atoms with E-state index in [1.54, 1.807) is 17.3 Å². The normalized spacial score (nSPS) is 12.4. The Morgan fingerprint density at radius 3 is 2.75 bits per heavy atom. The molecular formula is C13H20N6O. The Morgan fingerprint density at radius 1 is 1.40 bits per heavy atom. The highest BCUT2D eigenvalue weighted by molar-refractivity contribution is 5.85. The Morgan fingerprint density at radius 2 is 2.10 bits per heavy atom. The van der Waals surface area contributed by atoms with Crippen LogP contribution >= 0.6 is 0 Å². The Labute approximate surface area is 118 Å². The Kier molecular flexibility index (Phi) is 4.16. The lowest BCUT2D eigenvalue weighted by atomic mass is 10.3. The topological polar surface area (TPSA) is 75.4 Å². The van der Waals surface area contributed by atoms with Crippen molar-refractivity contribution in [2.45, 2.75) is 33.7 Å². The Bertz CT molecular complexity index is 604. The van der Waals surface area contributed by atoms with Crippen molar-refractivity contribution >= 4 is 17.4 Å². The van der Waals surface area contributed by atoms with Gasteiger partial charge in [-0.2, -0.15) is 0 Å². The van der Waals surface area contributed by atoms with E-state index in [1.165, 1.54) is 0 Å². The maximum atomic E-state index is 12.2. The van der Waals surface area contributed by atoms with E-state index >= 15 is 0 Å². The van der Waals surface area contributed by atoms with Crippen LogP contribution in [0.25, 0.3) is 5.65 Å². The van der Waals surface area contributed by atoms with E-state index in [9.17, 15) is 4.79 Å². The van der Waals surface area contributed by atoms with Crippen LogP contribution in [0.5, 0.6) is 0 Å². The quantitative estimate of drug-likeness (QED) is 0.885. The summed E-state index contributed by atoms with van der Waals surface area (Å²) in [6.07, 6.45) is 3.47. The number of nitrogens with zero attached hydrogens (tertiary/aromatic N) is 5. The number of rotatable bonds is 5. The van der Waals surface area contributed by atoms with Crippen LogP contribution in [-0.4, -0.2) is 49.5 Å². The van der Waals surface area contributed by atoms with E-state index in [0.717, 1.165) is 5.82 Å². The fourth-order valence-electron chi connectivity index (χ4n) is 2.12. The monoisotopic (exact) mass is 276 g/mol. The van der Waals surface area contributed by atoms with Crippen molar-refractivity contribution in [2.75, 3.05) is 18.4 Å². The molecule has 0 saturated heterocycles. The maximum absolute atomic E-state index is 12.2. The number of nitrogens with one attached hydrogen (secondary N) is 1. The lowest BCUT2D eigenvalue weighted by molar-refractivity contribution is -0.131. The molecule has 1 unspecified atom stereocenters. The molecule has 0 fully saturated rings. The van der Waals surface area contributed by atoms with E-state index in [4.69, 9.17) is 0 Å². The minimum Gasteiger partial charge on any atom is -0.355 e. The molecular weight excluding hydrogens is 256 g/mol. The number of carbonyl (C=O) groups excluding carboxylic acids is 1. The summed E-state index contributed by atoms with van der Waals surface area (Å²) in [6.45, 7) is 9.03. The first-order valence-electron chi connectivity index (χ1n) is 6.80. The first-order chi connectivity index (χ1) is 9.58. The van der Waals surface area contributed by atoms with Crippen LogP contribution in [0.3, 0.4) is 0 Å². The molecule has 0 aromatic carbocycles. The van der Waals surface area contributed by atoms with Gasteiger partial charge in [0.05, 0.1) is 0 Å². The average Bonchev–Trinajstić information content (AvgIpc) is 2.83. The van der Waals surface area contributed by atoms with Gasteiger partial charge in [0.2, 0.25) is 11.6 Å². The van der Waals surface area contributed by atoms with Crippen LogP contribution in [0, 0.1) is 6.92 Å². The van der Waals surface area contributed by atoms with Gasteiger partial charge >= 0.3 is 0 Å². The molecule has 7 heteroatoms. The number of aryl methyl sites for hydroxylation is 1. The second-order valence-corrected chi connectivity index (χ2v) is 4.59. The number of fused-ring (bicyclic) bond motifs is 1. The molecule has 0 spiro atoms. The second kappa shape index (κ2) is 5.85. The number of hydrogen-bond donors (Lipinski definition) is 1. The minimum atomic E-state index is -0.356. The molecule has 2 aromatic heterocycles. The van der Waals surface area contributed by atoms with Gasteiger partial charge in [-0.25, -0.2) is 4.98 Å². The summed E-state index contributed by atoms with van der Waals surface area (Å²) in [5.41, 5.74) is 0.629. The standard InChI is InChI=1S/C13H20N6O/c1-5-18(6-2)13(20)9(3)15-11-12-17-16-10(4)19(12)8-7-14-11/h7-9H,5-6H2,1-4H3,(H,14,15). The third-order valence-corrected chi connectivity index (χ3v) is 3.30. The van der Waals surface area contributed by atoms with Crippen LogP contribution in [0.4, 0.5) is 5.82 Å². The number of hydrogen-bond acceptors (Lipinski definition) is 5. The van der Waals surface area contributed by atoms with Crippen LogP contribution in [0.15, 0.2) is 12.4 Å². The zero-order valence-corrected chi connectivity index (χ0v) is 12.3. The van der Waals surface area contributed by atoms with Crippen molar-refractivity contribution in [2.24, 2.45) is 0 Å². The summed E-state index contributed by atoms with van der Waals surface area (Å²) in [5, 5.41) is 11.2. The molecule has 2 aromatic rings. The molecule has 2 heterocycles. The smallest absolute Gasteiger partial charge is 0.244 e. The molecule has 0 aliphatic heterocycles. The first kappa shape index (κ1) is 14.2. The molecule has 0 bridgehead atoms. The fraction of sp³-hybridized carbons (Fsp3) is 0.538. The van der Waals surface area contributed by atoms with Crippen LogP contribution in [0.2, 0.25) is 0 Å². The fourth-order valence-corrected chi connectivity index (χ4v) is 2.12. The van der Waals surface area contributed by atoms with Gasteiger partial charge in [0, 0.05) is 25.5 Å². The van der Waals surface area contributed by atoms with Gasteiger partial charge < -0.3 is 10.2 Å². The molecule has 1 N–H and O–H groups in total. The average molecular weight is 276 g/mol. The molecule has 0 aliphatic carbocycles. The van der Waals surface area contributed by atoms with Gasteiger partial charge in [0.1, 0.15) is 11.9 Å². The SMILES string of the molecule is CCN(CC)C(=O)C(C)Nc1nccn2c(C)nnc12. The minimum absolute atomic E-state index is 0.0510. The number of anilines is 1. The first-order valence-corrected chi connectivity index (χ1v) is 6.80. The van der Waals surface area contributed by atoms with E-state index in [0.29, 0.717) is 24.6 Å². The van der Waals surface area contributed by atoms with Crippen molar-refractivity contribution in [1.29, 1.82) is 0 Å². The molecule has 108 valence electrons.